The summed E-state index contributed by atoms with van der Waals surface area (Å²) in [7, 11) is -1.56. The van der Waals surface area contributed by atoms with Gasteiger partial charge in [0.05, 0.1) is 4.90 Å². The van der Waals surface area contributed by atoms with Crippen molar-refractivity contribution >= 4 is 21.6 Å². The summed E-state index contributed by atoms with van der Waals surface area (Å²) in [6, 6.07) is 23.6. The number of piperazine rings is 1. The molecule has 4 rings (SSSR count). The predicted molar refractivity (Wildman–Crippen MR) is 129 cm³/mol. The number of para-hydroxylation sites is 1. The normalized spacial score (nSPS) is 15.2. The minimum Gasteiger partial charge on any atom is -0.483 e. The molecule has 0 spiro atoms. The Morgan fingerprint density at radius 1 is 0.879 bits per heavy atom. The van der Waals surface area contributed by atoms with Gasteiger partial charge in [-0.1, -0.05) is 48.5 Å². The third-order valence-electron chi connectivity index (χ3n) is 5.57. The third kappa shape index (κ3) is 5.60. The Balaban J connectivity index is 1.36. The second-order valence-electron chi connectivity index (χ2n) is 7.93. The van der Waals surface area contributed by atoms with Crippen molar-refractivity contribution < 1.29 is 17.9 Å². The van der Waals surface area contributed by atoms with Gasteiger partial charge in [-0.2, -0.15) is 4.31 Å². The summed E-state index contributed by atoms with van der Waals surface area (Å²) in [5, 5.41) is 2.76. The number of hydrogen-bond donors (Lipinski definition) is 1. The van der Waals surface area contributed by atoms with Crippen LogP contribution in [0, 0.1) is 0 Å². The quantitative estimate of drug-likeness (QED) is 0.579. The molecule has 8 heteroatoms. The minimum atomic E-state index is -3.54. The lowest BCUT2D eigenvalue weighted by molar-refractivity contribution is -0.118. The van der Waals surface area contributed by atoms with Crippen LogP contribution in [0.3, 0.4) is 0 Å². The fraction of sp³-hybridized carbons (Fsp3) is 0.240. The van der Waals surface area contributed by atoms with Gasteiger partial charge < -0.3 is 15.0 Å². The Kier molecular flexibility index (Phi) is 7.08. The molecule has 0 aliphatic carbocycles. The van der Waals surface area contributed by atoms with Crippen molar-refractivity contribution in [3.63, 3.8) is 0 Å². The van der Waals surface area contributed by atoms with E-state index >= 15 is 0 Å². The van der Waals surface area contributed by atoms with E-state index in [0.29, 0.717) is 37.6 Å². The number of carbonyl (C=O) groups excluding carboxylic acids is 1. The molecule has 0 radical (unpaired) electrons. The largest absolute Gasteiger partial charge is 0.483 e. The fourth-order valence-corrected chi connectivity index (χ4v) is 5.10. The summed E-state index contributed by atoms with van der Waals surface area (Å²) in [5.41, 5.74) is 2.42. The maximum Gasteiger partial charge on any atom is 0.262 e. The van der Waals surface area contributed by atoms with Crippen LogP contribution < -0.4 is 10.1 Å². The predicted octanol–water partition coefficient (Wildman–Crippen LogP) is 3.31. The first-order valence-corrected chi connectivity index (χ1v) is 12.2. The second-order valence-corrected chi connectivity index (χ2v) is 9.87. The van der Waals surface area contributed by atoms with E-state index in [0.717, 1.165) is 11.1 Å². The molecule has 0 atom stereocenters. The van der Waals surface area contributed by atoms with E-state index in [2.05, 4.69) is 10.2 Å². The Morgan fingerprint density at radius 3 is 2.21 bits per heavy atom. The lowest BCUT2D eigenvalue weighted by atomic mass is 10.1. The number of ether oxygens (including phenoxy) is 1. The van der Waals surface area contributed by atoms with E-state index in [9.17, 15) is 13.2 Å². The number of hydrogen-bond acceptors (Lipinski definition) is 5. The number of rotatable bonds is 7. The lowest BCUT2D eigenvalue weighted by Crippen LogP contribution is -2.46. The molecule has 1 amide bonds. The van der Waals surface area contributed by atoms with Crippen molar-refractivity contribution in [1.82, 2.24) is 9.21 Å². The van der Waals surface area contributed by atoms with Crippen molar-refractivity contribution in [2.24, 2.45) is 0 Å². The molecule has 1 aliphatic heterocycles. The second kappa shape index (κ2) is 10.2. The summed E-state index contributed by atoms with van der Waals surface area (Å²) in [6.45, 7) is 2.20. The highest BCUT2D eigenvalue weighted by Crippen LogP contribution is 2.29. The molecule has 3 aromatic carbocycles. The zero-order valence-corrected chi connectivity index (χ0v) is 19.3. The standard InChI is InChI=1S/C25H27N3O4S/c1-27-15-17-28(18-16-27)33(30,31)22-13-11-21(12-14-22)26-25(29)19-32-24-10-6-5-9-23(24)20-7-3-2-4-8-20/h2-14H,15-19H2,1H3,(H,26,29). The molecule has 172 valence electrons. The molecule has 0 bridgehead atoms. The maximum atomic E-state index is 12.8. The van der Waals surface area contributed by atoms with E-state index in [1.165, 1.54) is 16.4 Å². The highest BCUT2D eigenvalue weighted by atomic mass is 32.2. The topological polar surface area (TPSA) is 79.0 Å². The van der Waals surface area contributed by atoms with Crippen LogP contribution in [-0.2, 0) is 14.8 Å². The first-order valence-electron chi connectivity index (χ1n) is 10.8. The number of nitrogens with one attached hydrogen (secondary N) is 1. The molecule has 1 N–H and O–H groups in total. The Labute approximate surface area is 194 Å². The van der Waals surface area contributed by atoms with Crippen molar-refractivity contribution in [3.05, 3.63) is 78.9 Å². The van der Waals surface area contributed by atoms with Gasteiger partial charge in [0.25, 0.3) is 5.91 Å². The summed E-state index contributed by atoms with van der Waals surface area (Å²) in [4.78, 5) is 14.7. The monoisotopic (exact) mass is 465 g/mol. The van der Waals surface area contributed by atoms with Crippen molar-refractivity contribution in [2.75, 3.05) is 45.2 Å². The number of anilines is 1. The summed E-state index contributed by atoms with van der Waals surface area (Å²) in [6.07, 6.45) is 0. The Morgan fingerprint density at radius 2 is 1.52 bits per heavy atom. The van der Waals surface area contributed by atoms with Crippen LogP contribution in [-0.4, -0.2) is 63.4 Å². The number of nitrogens with zero attached hydrogens (tertiary/aromatic N) is 2. The number of amides is 1. The smallest absolute Gasteiger partial charge is 0.262 e. The highest BCUT2D eigenvalue weighted by Gasteiger charge is 2.27. The minimum absolute atomic E-state index is 0.162. The maximum absolute atomic E-state index is 12.8. The number of sulfonamides is 1. The molecule has 0 saturated carbocycles. The van der Waals surface area contributed by atoms with Crippen molar-refractivity contribution in [3.8, 4) is 16.9 Å². The summed E-state index contributed by atoms with van der Waals surface area (Å²) in [5.74, 6) is 0.292. The van der Waals surface area contributed by atoms with Crippen LogP contribution in [0.5, 0.6) is 5.75 Å². The van der Waals surface area contributed by atoms with E-state index in [4.69, 9.17) is 4.74 Å². The van der Waals surface area contributed by atoms with E-state index in [-0.39, 0.29) is 17.4 Å². The Bertz CT molecular complexity index is 1190. The van der Waals surface area contributed by atoms with E-state index < -0.39 is 10.0 Å². The van der Waals surface area contributed by atoms with Crippen LogP contribution in [0.4, 0.5) is 5.69 Å². The Hall–Kier alpha value is -3.20. The van der Waals surface area contributed by atoms with Gasteiger partial charge in [0.1, 0.15) is 5.75 Å². The number of likely N-dealkylation sites (N-methyl/N-ethyl adjacent to an activating group) is 1. The molecular formula is C25H27N3O4S. The van der Waals surface area contributed by atoms with Crippen LogP contribution in [0.25, 0.3) is 11.1 Å². The molecule has 33 heavy (non-hydrogen) atoms. The summed E-state index contributed by atoms with van der Waals surface area (Å²) >= 11 is 0. The molecule has 1 fully saturated rings. The number of benzene rings is 3. The fourth-order valence-electron chi connectivity index (χ4n) is 3.68. The summed E-state index contributed by atoms with van der Waals surface area (Å²) < 4.78 is 32.9. The van der Waals surface area contributed by atoms with Gasteiger partial charge in [0, 0.05) is 37.4 Å². The average Bonchev–Trinajstić information content (AvgIpc) is 2.84. The van der Waals surface area contributed by atoms with Gasteiger partial charge in [-0.15, -0.1) is 0 Å². The van der Waals surface area contributed by atoms with Crippen molar-refractivity contribution in [2.45, 2.75) is 4.90 Å². The lowest BCUT2D eigenvalue weighted by Gasteiger charge is -2.31. The highest BCUT2D eigenvalue weighted by molar-refractivity contribution is 7.89. The van der Waals surface area contributed by atoms with Crippen molar-refractivity contribution in [1.29, 1.82) is 0 Å². The third-order valence-corrected chi connectivity index (χ3v) is 7.48. The van der Waals surface area contributed by atoms with Gasteiger partial charge in [0.15, 0.2) is 6.61 Å². The SMILES string of the molecule is CN1CCN(S(=O)(=O)c2ccc(NC(=O)COc3ccccc3-c3ccccc3)cc2)CC1. The van der Waals surface area contributed by atoms with Crippen LogP contribution in [0.2, 0.25) is 0 Å². The molecule has 1 aliphatic rings. The zero-order valence-electron chi connectivity index (χ0n) is 18.5. The molecule has 0 unspecified atom stereocenters. The van der Waals surface area contributed by atoms with Crippen LogP contribution in [0.15, 0.2) is 83.8 Å². The van der Waals surface area contributed by atoms with Gasteiger partial charge >= 0.3 is 0 Å². The average molecular weight is 466 g/mol. The van der Waals surface area contributed by atoms with Gasteiger partial charge in [-0.3, -0.25) is 4.79 Å². The van der Waals surface area contributed by atoms with E-state index in [1.807, 2.05) is 61.6 Å². The van der Waals surface area contributed by atoms with E-state index in [1.54, 1.807) is 12.1 Å². The molecule has 1 heterocycles. The molecule has 7 nitrogen and oxygen atoms in total. The zero-order chi connectivity index (χ0) is 23.3. The molecular weight excluding hydrogens is 438 g/mol. The van der Waals surface area contributed by atoms with Crippen LogP contribution >= 0.6 is 0 Å². The van der Waals surface area contributed by atoms with Gasteiger partial charge in [-0.05, 0) is 42.9 Å². The molecule has 1 saturated heterocycles. The molecule has 0 aromatic heterocycles. The van der Waals surface area contributed by atoms with Crippen LogP contribution in [0.1, 0.15) is 0 Å². The van der Waals surface area contributed by atoms with Gasteiger partial charge in [-0.25, -0.2) is 8.42 Å². The first-order chi connectivity index (χ1) is 15.9. The molecule has 3 aromatic rings. The first kappa shape index (κ1) is 23.0. The van der Waals surface area contributed by atoms with Gasteiger partial charge in [0.2, 0.25) is 10.0 Å². The number of carbonyl (C=O) groups is 1.